The van der Waals surface area contributed by atoms with Crippen LogP contribution in [0.3, 0.4) is 0 Å². The van der Waals surface area contributed by atoms with E-state index in [2.05, 4.69) is 36.6 Å². The number of sulfonamides is 1. The zero-order valence-corrected chi connectivity index (χ0v) is 13.7. The molecule has 1 saturated heterocycles. The lowest BCUT2D eigenvalue weighted by Crippen LogP contribution is -2.47. The monoisotopic (exact) mass is 333 g/mol. The molecule has 0 radical (unpaired) electrons. The van der Waals surface area contributed by atoms with Crippen molar-refractivity contribution in [2.45, 2.75) is 0 Å². The molecule has 3 rings (SSSR count). The third-order valence-corrected chi connectivity index (χ3v) is 4.23. The molecule has 0 unspecified atom stereocenters. The highest BCUT2D eigenvalue weighted by Crippen LogP contribution is 2.24. The Morgan fingerprint density at radius 2 is 1.57 bits per heavy atom. The van der Waals surface area contributed by atoms with Gasteiger partial charge in [-0.05, 0) is 12.1 Å². The summed E-state index contributed by atoms with van der Waals surface area (Å²) in [6.45, 7) is 3.20. The highest BCUT2D eigenvalue weighted by atomic mass is 32.2. The van der Waals surface area contributed by atoms with E-state index in [1.807, 2.05) is 18.2 Å². The van der Waals surface area contributed by atoms with Crippen molar-refractivity contribution in [3.63, 3.8) is 0 Å². The number of anilines is 3. The van der Waals surface area contributed by atoms with Crippen LogP contribution in [-0.2, 0) is 10.0 Å². The SMILES string of the molecule is CS(=O)(=O)Nc1nccnc1N1CCN(c2ccccc2)CC1. The number of piperazine rings is 1. The van der Waals surface area contributed by atoms with Crippen molar-refractivity contribution in [3.8, 4) is 0 Å². The Labute approximate surface area is 136 Å². The first-order valence-corrected chi connectivity index (χ1v) is 9.26. The average molecular weight is 333 g/mol. The molecule has 2 aromatic rings. The summed E-state index contributed by atoms with van der Waals surface area (Å²) in [4.78, 5) is 12.8. The maximum absolute atomic E-state index is 11.5. The van der Waals surface area contributed by atoms with Crippen LogP contribution in [0.1, 0.15) is 0 Å². The molecule has 122 valence electrons. The normalized spacial score (nSPS) is 15.5. The first kappa shape index (κ1) is 15.5. The van der Waals surface area contributed by atoms with Gasteiger partial charge in [-0.25, -0.2) is 18.4 Å². The van der Waals surface area contributed by atoms with E-state index in [9.17, 15) is 8.42 Å². The van der Waals surface area contributed by atoms with Crippen molar-refractivity contribution in [2.75, 3.05) is 47.0 Å². The fourth-order valence-electron chi connectivity index (χ4n) is 2.62. The van der Waals surface area contributed by atoms with Crippen LogP contribution >= 0.6 is 0 Å². The molecule has 0 saturated carbocycles. The van der Waals surface area contributed by atoms with Crippen molar-refractivity contribution < 1.29 is 8.42 Å². The van der Waals surface area contributed by atoms with Crippen LogP contribution in [0.2, 0.25) is 0 Å². The molecule has 23 heavy (non-hydrogen) atoms. The highest BCUT2D eigenvalue weighted by Gasteiger charge is 2.22. The van der Waals surface area contributed by atoms with Crippen LogP contribution in [0.4, 0.5) is 17.3 Å². The number of rotatable bonds is 4. The van der Waals surface area contributed by atoms with E-state index in [0.29, 0.717) is 5.82 Å². The Hall–Kier alpha value is -2.35. The van der Waals surface area contributed by atoms with Gasteiger partial charge < -0.3 is 9.80 Å². The Bertz CT molecular complexity index is 758. The largest absolute Gasteiger partial charge is 0.368 e. The molecule has 1 aliphatic heterocycles. The third-order valence-electron chi connectivity index (χ3n) is 3.66. The molecule has 0 bridgehead atoms. The summed E-state index contributed by atoms with van der Waals surface area (Å²) in [5.74, 6) is 0.855. The minimum absolute atomic E-state index is 0.281. The molecular formula is C15H19N5O2S. The zero-order valence-electron chi connectivity index (χ0n) is 12.9. The predicted octanol–water partition coefficient (Wildman–Crippen LogP) is 1.17. The van der Waals surface area contributed by atoms with Crippen molar-refractivity contribution in [2.24, 2.45) is 0 Å². The van der Waals surface area contributed by atoms with Gasteiger partial charge in [0.1, 0.15) is 0 Å². The Morgan fingerprint density at radius 1 is 0.957 bits per heavy atom. The molecule has 1 aromatic carbocycles. The van der Waals surface area contributed by atoms with Gasteiger partial charge in [-0.1, -0.05) is 18.2 Å². The number of nitrogens with zero attached hydrogens (tertiary/aromatic N) is 4. The lowest BCUT2D eigenvalue weighted by Gasteiger charge is -2.37. The second-order valence-corrected chi connectivity index (χ2v) is 7.16. The Morgan fingerprint density at radius 3 is 2.22 bits per heavy atom. The minimum Gasteiger partial charge on any atom is -0.368 e. The molecule has 0 aliphatic carbocycles. The summed E-state index contributed by atoms with van der Waals surface area (Å²) in [7, 11) is -3.38. The first-order chi connectivity index (χ1) is 11.0. The van der Waals surface area contributed by atoms with Crippen LogP contribution < -0.4 is 14.5 Å². The minimum atomic E-state index is -3.38. The van der Waals surface area contributed by atoms with Crippen molar-refractivity contribution in [1.29, 1.82) is 0 Å². The number of aromatic nitrogens is 2. The maximum atomic E-state index is 11.5. The molecule has 1 aliphatic rings. The number of hydrogen-bond acceptors (Lipinski definition) is 6. The van der Waals surface area contributed by atoms with Gasteiger partial charge in [0.2, 0.25) is 10.0 Å². The topological polar surface area (TPSA) is 78.4 Å². The maximum Gasteiger partial charge on any atom is 0.231 e. The van der Waals surface area contributed by atoms with Crippen LogP contribution in [0.15, 0.2) is 42.7 Å². The van der Waals surface area contributed by atoms with E-state index in [4.69, 9.17) is 0 Å². The van der Waals surface area contributed by atoms with E-state index in [-0.39, 0.29) is 5.82 Å². The van der Waals surface area contributed by atoms with E-state index in [0.717, 1.165) is 32.4 Å². The van der Waals surface area contributed by atoms with Gasteiger partial charge in [-0.3, -0.25) is 4.72 Å². The van der Waals surface area contributed by atoms with E-state index < -0.39 is 10.0 Å². The van der Waals surface area contributed by atoms with E-state index >= 15 is 0 Å². The zero-order chi connectivity index (χ0) is 16.3. The summed E-state index contributed by atoms with van der Waals surface area (Å²) in [5, 5.41) is 0. The van der Waals surface area contributed by atoms with E-state index in [1.165, 1.54) is 11.9 Å². The second-order valence-electron chi connectivity index (χ2n) is 5.41. The van der Waals surface area contributed by atoms with Crippen LogP contribution in [0.5, 0.6) is 0 Å². The summed E-state index contributed by atoms with van der Waals surface area (Å²) >= 11 is 0. The molecule has 0 spiro atoms. The van der Waals surface area contributed by atoms with Gasteiger partial charge in [0.25, 0.3) is 0 Å². The first-order valence-electron chi connectivity index (χ1n) is 7.37. The van der Waals surface area contributed by atoms with Crippen LogP contribution in [0.25, 0.3) is 0 Å². The standard InChI is InChI=1S/C15H19N5O2S/c1-23(21,22)18-14-15(17-8-7-16-14)20-11-9-19(10-12-20)13-5-3-2-4-6-13/h2-8H,9-12H2,1H3,(H,16,18). The number of nitrogens with one attached hydrogen (secondary N) is 1. The number of para-hydroxylation sites is 1. The molecule has 0 atom stereocenters. The molecule has 1 N–H and O–H groups in total. The van der Waals surface area contributed by atoms with E-state index in [1.54, 1.807) is 6.20 Å². The highest BCUT2D eigenvalue weighted by molar-refractivity contribution is 7.92. The van der Waals surface area contributed by atoms with Gasteiger partial charge in [0.15, 0.2) is 11.6 Å². The fraction of sp³-hybridized carbons (Fsp3) is 0.333. The average Bonchev–Trinajstić information content (AvgIpc) is 2.55. The Balaban J connectivity index is 1.73. The molecule has 1 fully saturated rings. The summed E-state index contributed by atoms with van der Waals surface area (Å²) in [6.07, 6.45) is 4.17. The van der Waals surface area contributed by atoms with Gasteiger partial charge in [-0.15, -0.1) is 0 Å². The summed E-state index contributed by atoms with van der Waals surface area (Å²) < 4.78 is 25.4. The summed E-state index contributed by atoms with van der Waals surface area (Å²) in [5.41, 5.74) is 1.20. The van der Waals surface area contributed by atoms with Crippen LogP contribution in [-0.4, -0.2) is 50.8 Å². The molecule has 2 heterocycles. The molecule has 0 amide bonds. The van der Waals surface area contributed by atoms with Gasteiger partial charge in [0.05, 0.1) is 6.26 Å². The smallest absolute Gasteiger partial charge is 0.231 e. The van der Waals surface area contributed by atoms with Crippen molar-refractivity contribution in [3.05, 3.63) is 42.7 Å². The quantitative estimate of drug-likeness (QED) is 0.905. The molecule has 7 nitrogen and oxygen atoms in total. The number of benzene rings is 1. The van der Waals surface area contributed by atoms with Crippen LogP contribution in [0, 0.1) is 0 Å². The fourth-order valence-corrected chi connectivity index (χ4v) is 3.12. The predicted molar refractivity (Wildman–Crippen MR) is 91.4 cm³/mol. The third kappa shape index (κ3) is 3.89. The van der Waals surface area contributed by atoms with Crippen molar-refractivity contribution >= 4 is 27.3 Å². The molecular weight excluding hydrogens is 314 g/mol. The number of hydrogen-bond donors (Lipinski definition) is 1. The van der Waals surface area contributed by atoms with Crippen molar-refractivity contribution in [1.82, 2.24) is 9.97 Å². The molecule has 8 heteroatoms. The second kappa shape index (κ2) is 6.41. The van der Waals surface area contributed by atoms with Gasteiger partial charge >= 0.3 is 0 Å². The van der Waals surface area contributed by atoms with Gasteiger partial charge in [-0.2, -0.15) is 0 Å². The summed E-state index contributed by atoms with van der Waals surface area (Å²) in [6, 6.07) is 10.2. The lowest BCUT2D eigenvalue weighted by atomic mass is 10.2. The lowest BCUT2D eigenvalue weighted by molar-refractivity contribution is 0.606. The van der Waals surface area contributed by atoms with Gasteiger partial charge in [0, 0.05) is 44.3 Å². The molecule has 1 aromatic heterocycles. The Kier molecular flexibility index (Phi) is 4.33.